The number of benzene rings is 5. The first-order valence-corrected chi connectivity index (χ1v) is 17.7. The Hall–Kier alpha value is -4.70. The van der Waals surface area contributed by atoms with E-state index < -0.39 is 0 Å². The van der Waals surface area contributed by atoms with Gasteiger partial charge in [-0.15, -0.1) is 53.6 Å². The van der Waals surface area contributed by atoms with Crippen molar-refractivity contribution in [2.45, 2.75) is 78.6 Å². The standard InChI is InChI=1S/C32H29N2O.C15H16N.Ir/c1-31(2,3)24-16-15-22(25-17-26(32(4,5)6)34-18-33-25)29-28(24)23-14-13-20-12-11-19-9-7-8-10-21(19)27(20)30(23)35-29;1-15(2,3)13-9-10-14(16-11-13)12-7-5-4-6-8-12;/h7-14,16-18H,1-6H3;4-7,9-11H,1-3H3;/q2*-1;. The van der Waals surface area contributed by atoms with E-state index in [9.17, 15) is 0 Å². The Morgan fingerprint density at radius 2 is 1.31 bits per heavy atom. The minimum atomic E-state index is -0.0782. The smallest absolute Gasteiger partial charge is 0.129 e. The monoisotopic (exact) mass is 860 g/mol. The zero-order chi connectivity index (χ0) is 36.1. The molecule has 0 saturated heterocycles. The van der Waals surface area contributed by atoms with Gasteiger partial charge in [0.2, 0.25) is 0 Å². The van der Waals surface area contributed by atoms with E-state index >= 15 is 0 Å². The van der Waals surface area contributed by atoms with E-state index in [0.717, 1.165) is 55.5 Å². The largest absolute Gasteiger partial charge is 0.500 e. The molecule has 5 aromatic carbocycles. The third-order valence-corrected chi connectivity index (χ3v) is 9.53. The zero-order valence-electron chi connectivity index (χ0n) is 31.5. The third-order valence-electron chi connectivity index (χ3n) is 9.53. The second-order valence-corrected chi connectivity index (χ2v) is 16.5. The molecule has 0 fully saturated rings. The molecule has 265 valence electrons. The quantitative estimate of drug-likeness (QED) is 0.128. The molecule has 3 aromatic heterocycles. The molecule has 5 heteroatoms. The van der Waals surface area contributed by atoms with Crippen LogP contribution in [0.4, 0.5) is 0 Å². The summed E-state index contributed by atoms with van der Waals surface area (Å²) in [6.45, 7) is 19.8. The van der Waals surface area contributed by atoms with Crippen molar-refractivity contribution in [2.24, 2.45) is 0 Å². The van der Waals surface area contributed by atoms with Gasteiger partial charge < -0.3 is 9.40 Å². The molecule has 0 N–H and O–H groups in total. The fourth-order valence-corrected chi connectivity index (χ4v) is 6.60. The molecule has 1 radical (unpaired) electrons. The maximum absolute atomic E-state index is 6.83. The van der Waals surface area contributed by atoms with Gasteiger partial charge in [0.05, 0.1) is 5.58 Å². The van der Waals surface area contributed by atoms with E-state index in [4.69, 9.17) is 4.42 Å². The van der Waals surface area contributed by atoms with Gasteiger partial charge in [-0.25, -0.2) is 4.98 Å². The van der Waals surface area contributed by atoms with Crippen molar-refractivity contribution in [2.75, 3.05) is 0 Å². The van der Waals surface area contributed by atoms with Crippen LogP contribution in [0.1, 0.15) is 79.1 Å². The predicted octanol–water partition coefficient (Wildman–Crippen LogP) is 12.6. The molecule has 0 saturated carbocycles. The Bertz CT molecular complexity index is 2510. The van der Waals surface area contributed by atoms with E-state index in [0.29, 0.717) is 0 Å². The molecule has 0 bridgehead atoms. The summed E-state index contributed by atoms with van der Waals surface area (Å²) in [4.78, 5) is 13.7. The van der Waals surface area contributed by atoms with Crippen LogP contribution in [0.3, 0.4) is 0 Å². The average Bonchev–Trinajstić information content (AvgIpc) is 3.50. The Morgan fingerprint density at radius 1 is 0.577 bits per heavy atom. The predicted molar refractivity (Wildman–Crippen MR) is 213 cm³/mol. The summed E-state index contributed by atoms with van der Waals surface area (Å²) in [5, 5.41) is 7.02. The van der Waals surface area contributed by atoms with E-state index in [1.165, 1.54) is 27.3 Å². The Morgan fingerprint density at radius 3 is 1.98 bits per heavy atom. The van der Waals surface area contributed by atoms with E-state index in [-0.39, 0.29) is 36.4 Å². The van der Waals surface area contributed by atoms with Crippen LogP contribution >= 0.6 is 0 Å². The van der Waals surface area contributed by atoms with Gasteiger partial charge in [-0.3, -0.25) is 4.98 Å². The topological polar surface area (TPSA) is 51.8 Å². The molecular weight excluding hydrogens is 815 g/mol. The molecule has 8 aromatic rings. The average molecular weight is 860 g/mol. The van der Waals surface area contributed by atoms with Crippen molar-refractivity contribution in [1.82, 2.24) is 15.0 Å². The summed E-state index contributed by atoms with van der Waals surface area (Å²) in [7, 11) is 0. The molecule has 8 rings (SSSR count). The summed E-state index contributed by atoms with van der Waals surface area (Å²) in [5.74, 6) is 0. The van der Waals surface area contributed by atoms with Gasteiger partial charge in [0.25, 0.3) is 0 Å². The number of aromatic nitrogens is 3. The number of hydrogen-bond donors (Lipinski definition) is 0. The van der Waals surface area contributed by atoms with Gasteiger partial charge in [-0.05, 0) is 43.9 Å². The summed E-state index contributed by atoms with van der Waals surface area (Å²) < 4.78 is 6.83. The van der Waals surface area contributed by atoms with Gasteiger partial charge in [0.1, 0.15) is 11.9 Å². The SMILES string of the molecule is CC(C)(C)c1cc(-c2[c-]cc(C(C)(C)C)c3c2oc2c3ccc3ccc4ccccc4c32)ncn1.CC(C)(C)c1ccc(-c2[c-]cccc2)nc1.[Ir]. The molecule has 0 amide bonds. The Kier molecular flexibility index (Phi) is 10.00. The number of fused-ring (bicyclic) bond motifs is 7. The summed E-state index contributed by atoms with van der Waals surface area (Å²) in [6, 6.07) is 40.3. The molecule has 0 unspecified atom stereocenters. The number of pyridine rings is 1. The van der Waals surface area contributed by atoms with Crippen molar-refractivity contribution in [3.63, 3.8) is 0 Å². The van der Waals surface area contributed by atoms with Crippen molar-refractivity contribution < 1.29 is 24.5 Å². The van der Waals surface area contributed by atoms with Crippen LogP contribution in [-0.2, 0) is 36.4 Å². The fourth-order valence-electron chi connectivity index (χ4n) is 6.60. The fraction of sp³-hybridized carbons (Fsp3) is 0.255. The van der Waals surface area contributed by atoms with Gasteiger partial charge in [0.15, 0.2) is 0 Å². The van der Waals surface area contributed by atoms with Crippen LogP contribution in [0.2, 0.25) is 0 Å². The second-order valence-electron chi connectivity index (χ2n) is 16.5. The first kappa shape index (κ1) is 37.1. The van der Waals surface area contributed by atoms with Crippen LogP contribution in [0.5, 0.6) is 0 Å². The normalized spacial score (nSPS) is 12.2. The molecule has 0 aliphatic rings. The molecule has 52 heavy (non-hydrogen) atoms. The van der Waals surface area contributed by atoms with E-state index in [1.54, 1.807) is 6.33 Å². The first-order chi connectivity index (χ1) is 24.2. The van der Waals surface area contributed by atoms with Crippen LogP contribution in [0, 0.1) is 12.1 Å². The van der Waals surface area contributed by atoms with Crippen molar-refractivity contribution in [1.29, 1.82) is 0 Å². The molecule has 0 spiro atoms. The summed E-state index contributed by atoms with van der Waals surface area (Å²) >= 11 is 0. The van der Waals surface area contributed by atoms with Gasteiger partial charge in [-0.1, -0.05) is 140 Å². The number of furan rings is 1. The Balaban J connectivity index is 0.000000230. The van der Waals surface area contributed by atoms with E-state index in [1.807, 2.05) is 30.5 Å². The molecule has 3 heterocycles. The molecule has 0 atom stereocenters. The first-order valence-electron chi connectivity index (χ1n) is 17.7. The molecule has 0 aliphatic carbocycles. The van der Waals surface area contributed by atoms with Crippen molar-refractivity contribution in [3.05, 3.63) is 139 Å². The van der Waals surface area contributed by atoms with Gasteiger partial charge in [0, 0.05) is 48.2 Å². The van der Waals surface area contributed by atoms with Crippen LogP contribution in [0.25, 0.3) is 66.0 Å². The number of hydrogen-bond acceptors (Lipinski definition) is 4. The minimum absolute atomic E-state index is 0. The maximum Gasteiger partial charge on any atom is 0.129 e. The second kappa shape index (κ2) is 14.0. The zero-order valence-corrected chi connectivity index (χ0v) is 33.9. The van der Waals surface area contributed by atoms with E-state index in [2.05, 4.69) is 162 Å². The van der Waals surface area contributed by atoms with Gasteiger partial charge >= 0.3 is 0 Å². The number of rotatable bonds is 2. The minimum Gasteiger partial charge on any atom is -0.500 e. The van der Waals surface area contributed by atoms with Crippen LogP contribution < -0.4 is 0 Å². The summed E-state index contributed by atoms with van der Waals surface area (Å²) in [5.41, 5.74) is 8.99. The van der Waals surface area contributed by atoms with Crippen LogP contribution in [-0.4, -0.2) is 15.0 Å². The summed E-state index contributed by atoms with van der Waals surface area (Å²) in [6.07, 6.45) is 3.61. The maximum atomic E-state index is 6.83. The molecular formula is C47H45IrN3O-2. The molecule has 0 aliphatic heterocycles. The third kappa shape index (κ3) is 7.18. The Labute approximate surface area is 321 Å². The van der Waals surface area contributed by atoms with Gasteiger partial charge in [-0.2, -0.15) is 0 Å². The van der Waals surface area contributed by atoms with Crippen LogP contribution in [0.15, 0.2) is 114 Å². The molecule has 4 nitrogen and oxygen atoms in total. The number of nitrogens with zero attached hydrogens (tertiary/aromatic N) is 3. The van der Waals surface area contributed by atoms with Crippen molar-refractivity contribution in [3.8, 4) is 22.5 Å². The van der Waals surface area contributed by atoms with Crippen molar-refractivity contribution >= 4 is 43.5 Å².